The monoisotopic (exact) mass is 456 g/mol. The van der Waals surface area contributed by atoms with Crippen LogP contribution >= 0.6 is 0 Å². The van der Waals surface area contributed by atoms with Crippen molar-refractivity contribution in [3.8, 4) is 0 Å². The van der Waals surface area contributed by atoms with Crippen molar-refractivity contribution in [3.63, 3.8) is 0 Å². The minimum atomic E-state index is -1.87. The fraction of sp³-hybridized carbons (Fsp3) is 0.889. The second kappa shape index (κ2) is 17.6. The summed E-state index contributed by atoms with van der Waals surface area (Å²) in [4.78, 5) is 11.3. The number of aliphatic hydroxyl groups is 3. The Morgan fingerprint density at radius 3 is 1.78 bits per heavy atom. The van der Waals surface area contributed by atoms with E-state index in [0.29, 0.717) is 6.42 Å². The molecule has 5 heteroatoms. The van der Waals surface area contributed by atoms with Gasteiger partial charge in [0.2, 0.25) is 0 Å². The molecule has 0 aliphatic heterocycles. The number of unbranched alkanes of at least 4 members (excludes halogenated alkanes) is 1. The highest BCUT2D eigenvalue weighted by Gasteiger charge is 2.44. The summed E-state index contributed by atoms with van der Waals surface area (Å²) >= 11 is 0. The van der Waals surface area contributed by atoms with E-state index >= 15 is 0 Å². The van der Waals surface area contributed by atoms with Gasteiger partial charge in [0.1, 0.15) is 5.41 Å². The van der Waals surface area contributed by atoms with Gasteiger partial charge < -0.3 is 20.4 Å². The van der Waals surface area contributed by atoms with Gasteiger partial charge in [0.15, 0.2) is 0 Å². The van der Waals surface area contributed by atoms with E-state index in [4.69, 9.17) is 0 Å². The average Bonchev–Trinajstić information content (AvgIpc) is 2.72. The highest BCUT2D eigenvalue weighted by atomic mass is 16.4. The maximum absolute atomic E-state index is 11.3. The largest absolute Gasteiger partial charge is 0.481 e. The molecule has 0 aromatic rings. The summed E-state index contributed by atoms with van der Waals surface area (Å²) in [5.41, 5.74) is -0.542. The molecule has 190 valence electrons. The third-order valence-electron chi connectivity index (χ3n) is 6.94. The maximum atomic E-state index is 11.3. The Morgan fingerprint density at radius 1 is 0.812 bits per heavy atom. The molecular formula is C27H52O5. The summed E-state index contributed by atoms with van der Waals surface area (Å²) in [5, 5.41) is 38.0. The molecule has 0 aromatic heterocycles. The van der Waals surface area contributed by atoms with Crippen molar-refractivity contribution in [2.24, 2.45) is 23.2 Å². The molecule has 0 amide bonds. The molecule has 0 spiro atoms. The van der Waals surface area contributed by atoms with Crippen LogP contribution in [0, 0.1) is 23.2 Å². The zero-order valence-electron chi connectivity index (χ0n) is 21.5. The van der Waals surface area contributed by atoms with Crippen molar-refractivity contribution in [2.45, 2.75) is 118 Å². The lowest BCUT2D eigenvalue weighted by Gasteiger charge is -2.30. The van der Waals surface area contributed by atoms with E-state index < -0.39 is 30.7 Å². The lowest BCUT2D eigenvalue weighted by molar-refractivity contribution is -0.166. The SMILES string of the molecule is CC(=CCCCC(O)C(CO)(CO)C(=O)O)CCCC(C)CCCC(C)CCCC(C)C. The molecule has 0 saturated heterocycles. The smallest absolute Gasteiger partial charge is 0.317 e. The molecule has 0 radical (unpaired) electrons. The van der Waals surface area contributed by atoms with E-state index in [1.54, 1.807) is 0 Å². The number of aliphatic hydroxyl groups excluding tert-OH is 3. The molecule has 0 aliphatic carbocycles. The summed E-state index contributed by atoms with van der Waals surface area (Å²) in [6, 6.07) is 0. The van der Waals surface area contributed by atoms with Crippen LogP contribution in [-0.4, -0.2) is 45.7 Å². The van der Waals surface area contributed by atoms with Crippen molar-refractivity contribution >= 4 is 5.97 Å². The van der Waals surface area contributed by atoms with Crippen molar-refractivity contribution in [1.82, 2.24) is 0 Å². The predicted octanol–water partition coefficient (Wildman–Crippen LogP) is 5.96. The number of aliphatic carboxylic acids is 1. The number of carboxylic acid groups (broad SMARTS) is 1. The first-order chi connectivity index (χ1) is 15.1. The van der Waals surface area contributed by atoms with Crippen LogP contribution in [0.1, 0.15) is 112 Å². The topological polar surface area (TPSA) is 98.0 Å². The summed E-state index contributed by atoms with van der Waals surface area (Å²) in [6.07, 6.45) is 14.1. The Morgan fingerprint density at radius 2 is 1.31 bits per heavy atom. The molecule has 5 nitrogen and oxygen atoms in total. The quantitative estimate of drug-likeness (QED) is 0.134. The van der Waals surface area contributed by atoms with Gasteiger partial charge in [-0.1, -0.05) is 84.3 Å². The van der Waals surface area contributed by atoms with Crippen LogP contribution in [0.15, 0.2) is 11.6 Å². The average molecular weight is 457 g/mol. The van der Waals surface area contributed by atoms with E-state index in [9.17, 15) is 25.2 Å². The van der Waals surface area contributed by atoms with E-state index in [1.807, 2.05) is 0 Å². The highest BCUT2D eigenvalue weighted by molar-refractivity contribution is 5.75. The summed E-state index contributed by atoms with van der Waals surface area (Å²) in [6.45, 7) is 9.94. The van der Waals surface area contributed by atoms with E-state index in [2.05, 4.69) is 40.7 Å². The molecule has 0 bridgehead atoms. The lowest BCUT2D eigenvalue weighted by atomic mass is 9.81. The lowest BCUT2D eigenvalue weighted by Crippen LogP contribution is -2.48. The standard InChI is InChI=1S/C27H52O5/c1-21(2)11-8-13-23(4)15-10-17-24(5)16-9-14-22(3)12-6-7-18-25(30)27(19-28,20-29)26(31)32/h12,21,23-25,28-30H,6-11,13-20H2,1-5H3,(H,31,32). The van der Waals surface area contributed by atoms with Crippen molar-refractivity contribution in [3.05, 3.63) is 11.6 Å². The third kappa shape index (κ3) is 13.0. The molecule has 4 N–H and O–H groups in total. The first-order valence-electron chi connectivity index (χ1n) is 12.9. The number of carbonyl (C=O) groups is 1. The second-order valence-corrected chi connectivity index (χ2v) is 10.6. The van der Waals surface area contributed by atoms with Gasteiger partial charge >= 0.3 is 5.97 Å². The van der Waals surface area contributed by atoms with Crippen molar-refractivity contribution < 1.29 is 25.2 Å². The fourth-order valence-electron chi connectivity index (χ4n) is 4.28. The Labute approximate surface area is 197 Å². The van der Waals surface area contributed by atoms with Gasteiger partial charge in [0.25, 0.3) is 0 Å². The molecule has 0 rings (SSSR count). The van der Waals surface area contributed by atoms with Gasteiger partial charge in [0.05, 0.1) is 19.3 Å². The van der Waals surface area contributed by atoms with E-state index in [0.717, 1.165) is 30.6 Å². The molecule has 3 unspecified atom stereocenters. The van der Waals surface area contributed by atoms with Crippen LogP contribution < -0.4 is 0 Å². The Kier molecular flexibility index (Phi) is 17.1. The van der Waals surface area contributed by atoms with Crippen molar-refractivity contribution in [2.75, 3.05) is 13.2 Å². The molecule has 32 heavy (non-hydrogen) atoms. The van der Waals surface area contributed by atoms with Crippen molar-refractivity contribution in [1.29, 1.82) is 0 Å². The van der Waals surface area contributed by atoms with Gasteiger partial charge in [-0.2, -0.15) is 0 Å². The molecule has 0 saturated carbocycles. The first-order valence-corrected chi connectivity index (χ1v) is 12.9. The highest BCUT2D eigenvalue weighted by Crippen LogP contribution is 2.26. The Balaban J connectivity index is 3.99. The molecule has 0 fully saturated rings. The normalized spacial score (nSPS) is 15.7. The van der Waals surface area contributed by atoms with Gasteiger partial charge in [-0.25, -0.2) is 0 Å². The van der Waals surface area contributed by atoms with Gasteiger partial charge in [-0.05, 0) is 56.8 Å². The zero-order valence-corrected chi connectivity index (χ0v) is 21.5. The fourth-order valence-corrected chi connectivity index (χ4v) is 4.28. The van der Waals surface area contributed by atoms with Gasteiger partial charge in [-0.3, -0.25) is 4.79 Å². The second-order valence-electron chi connectivity index (χ2n) is 10.6. The van der Waals surface area contributed by atoms with Crippen LogP contribution in [0.25, 0.3) is 0 Å². The zero-order chi connectivity index (χ0) is 24.6. The molecule has 0 heterocycles. The summed E-state index contributed by atoms with van der Waals surface area (Å²) in [5.74, 6) is 1.07. The number of allylic oxidation sites excluding steroid dienone is 2. The van der Waals surface area contributed by atoms with Crippen LogP contribution in [-0.2, 0) is 4.79 Å². The number of carboxylic acids is 1. The Hall–Kier alpha value is -0.910. The third-order valence-corrected chi connectivity index (χ3v) is 6.94. The van der Waals surface area contributed by atoms with Gasteiger partial charge in [-0.15, -0.1) is 0 Å². The molecule has 0 aromatic carbocycles. The first kappa shape index (κ1) is 31.1. The maximum Gasteiger partial charge on any atom is 0.317 e. The minimum Gasteiger partial charge on any atom is -0.481 e. The minimum absolute atomic E-state index is 0.240. The van der Waals surface area contributed by atoms with Gasteiger partial charge in [0, 0.05) is 0 Å². The summed E-state index contributed by atoms with van der Waals surface area (Å²) in [7, 11) is 0. The number of hydrogen-bond donors (Lipinski definition) is 4. The van der Waals surface area contributed by atoms with E-state index in [1.165, 1.54) is 56.9 Å². The molecule has 3 atom stereocenters. The molecule has 0 aliphatic rings. The van der Waals surface area contributed by atoms with Crippen LogP contribution in [0.2, 0.25) is 0 Å². The number of hydrogen-bond acceptors (Lipinski definition) is 4. The Bertz CT molecular complexity index is 510. The van der Waals surface area contributed by atoms with Crippen LogP contribution in [0.5, 0.6) is 0 Å². The molecular weight excluding hydrogens is 404 g/mol. The number of rotatable bonds is 20. The summed E-state index contributed by atoms with van der Waals surface area (Å²) < 4.78 is 0. The van der Waals surface area contributed by atoms with Crippen LogP contribution in [0.4, 0.5) is 0 Å². The predicted molar refractivity (Wildman–Crippen MR) is 133 cm³/mol. The van der Waals surface area contributed by atoms with Crippen LogP contribution in [0.3, 0.4) is 0 Å². The van der Waals surface area contributed by atoms with E-state index in [-0.39, 0.29) is 6.42 Å².